The lowest BCUT2D eigenvalue weighted by Gasteiger charge is -2.16. The van der Waals surface area contributed by atoms with Gasteiger partial charge in [0.2, 0.25) is 5.91 Å². The number of nitrogen functional groups attached to an aromatic ring is 1. The number of carbonyl (C=O) groups excluding carboxylic acids is 1. The van der Waals surface area contributed by atoms with Crippen molar-refractivity contribution >= 4 is 40.0 Å². The summed E-state index contributed by atoms with van der Waals surface area (Å²) in [5.41, 5.74) is 9.64. The van der Waals surface area contributed by atoms with Crippen LogP contribution in [-0.2, 0) is 11.2 Å². The molecule has 1 aliphatic heterocycles. The van der Waals surface area contributed by atoms with Crippen LogP contribution in [0.5, 0.6) is 11.5 Å². The molecule has 2 N–H and O–H groups in total. The van der Waals surface area contributed by atoms with Crippen LogP contribution in [0, 0.1) is 5.92 Å². The highest BCUT2D eigenvalue weighted by atomic mass is 127. The molecule has 3 aromatic rings. The molecule has 180 valence electrons. The summed E-state index contributed by atoms with van der Waals surface area (Å²) in [6, 6.07) is 17.4. The standard InChI is InChI=1S/C27H28IN5O2/c1-30-26(20-8-10-22(11-9-20)35-21-5-3-2-4-6-21)25-23(31-18-32-27(25)29)12-7-19-14-16-33(17-19)24(34)13-15-28/h2-6,8-11,13,15,18-19H,7,12,14,16-17H2,1H3,(H2,29,31,32). The van der Waals surface area contributed by atoms with Crippen molar-refractivity contribution in [3.8, 4) is 11.5 Å². The molecule has 1 aliphatic rings. The molecule has 35 heavy (non-hydrogen) atoms. The Morgan fingerprint density at radius 3 is 2.63 bits per heavy atom. The first kappa shape index (κ1) is 24.8. The van der Waals surface area contributed by atoms with Crippen LogP contribution >= 0.6 is 22.6 Å². The van der Waals surface area contributed by atoms with Gasteiger partial charge in [-0.25, -0.2) is 9.97 Å². The molecule has 0 saturated carbocycles. The van der Waals surface area contributed by atoms with E-state index in [1.807, 2.05) is 59.5 Å². The Morgan fingerprint density at radius 2 is 1.91 bits per heavy atom. The first-order chi connectivity index (χ1) is 17.1. The second kappa shape index (κ2) is 11.9. The Labute approximate surface area is 219 Å². The van der Waals surface area contributed by atoms with Gasteiger partial charge in [-0.3, -0.25) is 9.79 Å². The highest BCUT2D eigenvalue weighted by Crippen LogP contribution is 2.27. The van der Waals surface area contributed by atoms with Crippen molar-refractivity contribution in [2.75, 3.05) is 25.9 Å². The fourth-order valence-corrected chi connectivity index (χ4v) is 4.65. The van der Waals surface area contributed by atoms with Gasteiger partial charge >= 0.3 is 0 Å². The molecule has 0 bridgehead atoms. The van der Waals surface area contributed by atoms with Crippen LogP contribution in [0.2, 0.25) is 0 Å². The highest BCUT2D eigenvalue weighted by Gasteiger charge is 2.26. The van der Waals surface area contributed by atoms with E-state index in [0.29, 0.717) is 11.7 Å². The molecule has 0 aliphatic carbocycles. The van der Waals surface area contributed by atoms with Gasteiger partial charge in [-0.15, -0.1) is 0 Å². The smallest absolute Gasteiger partial charge is 0.247 e. The number of para-hydroxylation sites is 1. The summed E-state index contributed by atoms with van der Waals surface area (Å²) in [5, 5.41) is 0. The van der Waals surface area contributed by atoms with Crippen molar-refractivity contribution in [3.05, 3.63) is 87.9 Å². The number of aliphatic imine (C=N–C) groups is 1. The van der Waals surface area contributed by atoms with Gasteiger partial charge in [0.1, 0.15) is 23.6 Å². The average Bonchev–Trinajstić information content (AvgIpc) is 3.35. The number of carbonyl (C=O) groups is 1. The van der Waals surface area contributed by atoms with Gasteiger partial charge in [-0.1, -0.05) is 40.8 Å². The number of benzene rings is 2. The lowest BCUT2D eigenvalue weighted by atomic mass is 9.95. The van der Waals surface area contributed by atoms with Crippen molar-refractivity contribution in [2.45, 2.75) is 19.3 Å². The molecule has 1 saturated heterocycles. The van der Waals surface area contributed by atoms with Gasteiger partial charge in [0.25, 0.3) is 0 Å². The second-order valence-corrected chi connectivity index (χ2v) is 9.08. The minimum absolute atomic E-state index is 0.0777. The Kier molecular flexibility index (Phi) is 8.46. The van der Waals surface area contributed by atoms with Crippen LogP contribution in [0.1, 0.15) is 29.7 Å². The van der Waals surface area contributed by atoms with Crippen molar-refractivity contribution in [1.82, 2.24) is 14.9 Å². The van der Waals surface area contributed by atoms with Crippen LogP contribution in [0.4, 0.5) is 5.82 Å². The van der Waals surface area contributed by atoms with Gasteiger partial charge in [0.15, 0.2) is 0 Å². The summed E-state index contributed by atoms with van der Waals surface area (Å²) in [4.78, 5) is 27.4. The minimum atomic E-state index is 0.0777. The number of halogens is 1. The zero-order chi connectivity index (χ0) is 24.6. The zero-order valence-corrected chi connectivity index (χ0v) is 21.8. The number of nitrogens with two attached hydrogens (primary N) is 1. The van der Waals surface area contributed by atoms with E-state index in [-0.39, 0.29) is 5.91 Å². The third-order valence-corrected chi connectivity index (χ3v) is 6.47. The van der Waals surface area contributed by atoms with Crippen LogP contribution in [-0.4, -0.2) is 46.6 Å². The van der Waals surface area contributed by atoms with E-state index in [0.717, 1.165) is 66.4 Å². The van der Waals surface area contributed by atoms with Crippen LogP contribution in [0.15, 0.2) is 76.1 Å². The number of ether oxygens (including phenoxy) is 1. The molecule has 1 aromatic heterocycles. The summed E-state index contributed by atoms with van der Waals surface area (Å²) < 4.78 is 7.67. The molecule has 1 amide bonds. The lowest BCUT2D eigenvalue weighted by molar-refractivity contribution is -0.125. The first-order valence-electron chi connectivity index (χ1n) is 11.5. The Bertz CT molecular complexity index is 1210. The number of aromatic nitrogens is 2. The minimum Gasteiger partial charge on any atom is -0.457 e. The fraction of sp³-hybridized carbons (Fsp3) is 0.259. The number of hydrogen-bond acceptors (Lipinski definition) is 6. The maximum Gasteiger partial charge on any atom is 0.247 e. The molecule has 1 fully saturated rings. The molecule has 7 nitrogen and oxygen atoms in total. The Hall–Kier alpha value is -3.27. The van der Waals surface area contributed by atoms with Crippen molar-refractivity contribution in [1.29, 1.82) is 0 Å². The van der Waals surface area contributed by atoms with Gasteiger partial charge in [0.05, 0.1) is 17.0 Å². The quantitative estimate of drug-likeness (QED) is 0.229. The summed E-state index contributed by atoms with van der Waals surface area (Å²) in [6.45, 7) is 1.57. The predicted octanol–water partition coefficient (Wildman–Crippen LogP) is 5.05. The van der Waals surface area contributed by atoms with E-state index in [2.05, 4.69) is 37.6 Å². The average molecular weight is 581 g/mol. The summed E-state index contributed by atoms with van der Waals surface area (Å²) in [7, 11) is 1.75. The summed E-state index contributed by atoms with van der Waals surface area (Å²) >= 11 is 2.07. The van der Waals surface area contributed by atoms with Gasteiger partial charge < -0.3 is 15.4 Å². The van der Waals surface area contributed by atoms with E-state index in [1.165, 1.54) is 6.33 Å². The lowest BCUT2D eigenvalue weighted by Crippen LogP contribution is -2.26. The van der Waals surface area contributed by atoms with Crippen LogP contribution in [0.25, 0.3) is 0 Å². The maximum atomic E-state index is 12.1. The largest absolute Gasteiger partial charge is 0.457 e. The Balaban J connectivity index is 1.48. The maximum absolute atomic E-state index is 12.1. The number of rotatable bonds is 8. The molecule has 2 aromatic carbocycles. The SMILES string of the molecule is CN=C(c1ccc(Oc2ccccc2)cc1)c1c(N)ncnc1CCC1CCN(C(=O)C=CI)C1. The highest BCUT2D eigenvalue weighted by molar-refractivity contribution is 14.1. The predicted molar refractivity (Wildman–Crippen MR) is 147 cm³/mol. The zero-order valence-electron chi connectivity index (χ0n) is 19.6. The number of anilines is 1. The van der Waals surface area contributed by atoms with Crippen molar-refractivity contribution in [3.63, 3.8) is 0 Å². The van der Waals surface area contributed by atoms with E-state index >= 15 is 0 Å². The monoisotopic (exact) mass is 581 g/mol. The number of likely N-dealkylation sites (tertiary alicyclic amines) is 1. The summed E-state index contributed by atoms with van der Waals surface area (Å²) in [5.74, 6) is 2.45. The molecule has 1 unspecified atom stereocenters. The van der Waals surface area contributed by atoms with Gasteiger partial charge in [-0.05, 0) is 65.7 Å². The summed E-state index contributed by atoms with van der Waals surface area (Å²) in [6.07, 6.45) is 5.78. The molecule has 4 rings (SSSR count). The third kappa shape index (κ3) is 6.25. The van der Waals surface area contributed by atoms with Crippen molar-refractivity contribution in [2.24, 2.45) is 10.9 Å². The van der Waals surface area contributed by atoms with Gasteiger partial charge in [-0.2, -0.15) is 0 Å². The molecule has 1 atom stereocenters. The molecule has 0 radical (unpaired) electrons. The van der Waals surface area contributed by atoms with E-state index < -0.39 is 0 Å². The number of aryl methyl sites for hydroxylation is 1. The first-order valence-corrected chi connectivity index (χ1v) is 12.8. The topological polar surface area (TPSA) is 93.7 Å². The van der Waals surface area contributed by atoms with Crippen molar-refractivity contribution < 1.29 is 9.53 Å². The number of nitrogens with zero attached hydrogens (tertiary/aromatic N) is 4. The van der Waals surface area contributed by atoms with Gasteiger partial charge in [0, 0.05) is 31.8 Å². The van der Waals surface area contributed by atoms with E-state index in [9.17, 15) is 4.79 Å². The molecular weight excluding hydrogens is 553 g/mol. The fourth-order valence-electron chi connectivity index (χ4n) is 4.34. The third-order valence-electron chi connectivity index (χ3n) is 6.11. The number of hydrogen-bond donors (Lipinski definition) is 1. The molecule has 2 heterocycles. The van der Waals surface area contributed by atoms with Crippen LogP contribution < -0.4 is 10.5 Å². The Morgan fingerprint density at radius 1 is 1.17 bits per heavy atom. The van der Waals surface area contributed by atoms with E-state index in [4.69, 9.17) is 10.5 Å². The normalized spacial score (nSPS) is 16.1. The molecule has 8 heteroatoms. The van der Waals surface area contributed by atoms with E-state index in [1.54, 1.807) is 17.2 Å². The number of amides is 1. The second-order valence-electron chi connectivity index (χ2n) is 8.36. The molecular formula is C27H28IN5O2. The molecule has 0 spiro atoms. The van der Waals surface area contributed by atoms with Crippen LogP contribution in [0.3, 0.4) is 0 Å².